The van der Waals surface area contributed by atoms with Gasteiger partial charge in [0.1, 0.15) is 0 Å². The van der Waals surface area contributed by atoms with Crippen LogP contribution in [0.2, 0.25) is 5.02 Å². The Morgan fingerprint density at radius 3 is 2.67 bits per heavy atom. The fourth-order valence-electron chi connectivity index (χ4n) is 5.24. The molecule has 0 atom stereocenters. The van der Waals surface area contributed by atoms with Gasteiger partial charge in [-0.05, 0) is 61.2 Å². The first kappa shape index (κ1) is 24.7. The third kappa shape index (κ3) is 4.71. The number of aromatic nitrogens is 2. The highest BCUT2D eigenvalue weighted by molar-refractivity contribution is 7.13. The highest BCUT2D eigenvalue weighted by atomic mass is 35.5. The first-order valence-corrected chi connectivity index (χ1v) is 13.5. The first-order valence-electron chi connectivity index (χ1n) is 12.2. The van der Waals surface area contributed by atoms with E-state index in [0.29, 0.717) is 21.8 Å². The number of fused-ring (bicyclic) bond motifs is 1. The number of nitrogens with zero attached hydrogens (tertiary/aromatic N) is 3. The zero-order valence-corrected chi connectivity index (χ0v) is 21.7. The second-order valence-electron chi connectivity index (χ2n) is 9.27. The number of hydrogen-bond donors (Lipinski definition) is 1. The van der Waals surface area contributed by atoms with Gasteiger partial charge in [0, 0.05) is 39.3 Å². The highest BCUT2D eigenvalue weighted by Crippen LogP contribution is 2.33. The van der Waals surface area contributed by atoms with E-state index in [-0.39, 0.29) is 30.9 Å². The van der Waals surface area contributed by atoms with Gasteiger partial charge in [0.2, 0.25) is 5.91 Å². The fourth-order valence-corrected chi connectivity index (χ4v) is 6.16. The maximum atomic E-state index is 13.9. The minimum absolute atomic E-state index is 0.0244. The van der Waals surface area contributed by atoms with Gasteiger partial charge in [-0.15, -0.1) is 11.3 Å². The van der Waals surface area contributed by atoms with Crippen LogP contribution in [-0.2, 0) is 17.8 Å². The van der Waals surface area contributed by atoms with E-state index < -0.39 is 0 Å². The number of anilines is 1. The summed E-state index contributed by atoms with van der Waals surface area (Å²) < 4.78 is 1.65. The summed E-state index contributed by atoms with van der Waals surface area (Å²) in [5.74, 6) is -0.233. The first-order chi connectivity index (χ1) is 17.5. The van der Waals surface area contributed by atoms with E-state index >= 15 is 0 Å². The van der Waals surface area contributed by atoms with Crippen molar-refractivity contribution in [1.82, 2.24) is 9.55 Å². The summed E-state index contributed by atoms with van der Waals surface area (Å²) in [6.45, 7) is 1.75. The van der Waals surface area contributed by atoms with Gasteiger partial charge in [0.05, 0.1) is 18.5 Å². The molecule has 6 nitrogen and oxygen atoms in total. The van der Waals surface area contributed by atoms with E-state index in [4.69, 9.17) is 11.6 Å². The minimum atomic E-state index is -0.209. The van der Waals surface area contributed by atoms with Gasteiger partial charge in [0.15, 0.2) is 5.13 Å². The van der Waals surface area contributed by atoms with Crippen LogP contribution in [0.4, 0.5) is 5.13 Å². The van der Waals surface area contributed by atoms with E-state index in [1.54, 1.807) is 41.1 Å². The molecule has 1 N–H and O–H groups in total. The second-order valence-corrected chi connectivity index (χ2v) is 10.6. The van der Waals surface area contributed by atoms with Crippen LogP contribution in [0.5, 0.6) is 0 Å². The second kappa shape index (κ2) is 10.5. The average molecular weight is 522 g/mol. The Morgan fingerprint density at radius 2 is 1.97 bits per heavy atom. The third-order valence-electron chi connectivity index (χ3n) is 7.02. The molecule has 1 saturated carbocycles. The smallest absolute Gasteiger partial charge is 0.262 e. The minimum Gasteiger partial charge on any atom is -0.392 e. The molecule has 2 heterocycles. The van der Waals surface area contributed by atoms with Crippen molar-refractivity contribution in [2.75, 3.05) is 4.90 Å². The number of rotatable bonds is 6. The highest BCUT2D eigenvalue weighted by Gasteiger charge is 2.30. The fraction of sp³-hybridized carbons (Fsp3) is 0.321. The van der Waals surface area contributed by atoms with Crippen molar-refractivity contribution in [2.24, 2.45) is 0 Å². The number of carbonyl (C=O) groups is 2. The zero-order chi connectivity index (χ0) is 25.2. The van der Waals surface area contributed by atoms with Crippen molar-refractivity contribution in [3.8, 4) is 0 Å². The van der Waals surface area contributed by atoms with E-state index in [1.807, 2.05) is 29.3 Å². The molecular weight excluding hydrogens is 494 g/mol. The number of hydrogen-bond acceptors (Lipinski definition) is 5. The Morgan fingerprint density at radius 1 is 1.17 bits per heavy atom. The SMILES string of the molecule is Cc1c(CC(=O)N(c2nccs2)C2CCCCC2)c2cc(CO)ccc2n1C(=O)c1cccc(Cl)c1. The average Bonchev–Trinajstić information content (AvgIpc) is 3.51. The molecular formula is C28H28ClN3O3S. The number of aliphatic hydroxyl groups is 1. The largest absolute Gasteiger partial charge is 0.392 e. The monoisotopic (exact) mass is 521 g/mol. The van der Waals surface area contributed by atoms with Crippen molar-refractivity contribution in [2.45, 2.75) is 58.1 Å². The normalized spacial score (nSPS) is 14.3. The Kier molecular flexibility index (Phi) is 7.23. The standard InChI is InChI=1S/C28H28ClN3O3S/c1-18-23(16-26(34)32(28-30-12-13-36-28)22-8-3-2-4-9-22)24-14-19(17-33)10-11-25(24)31(18)27(35)20-6-5-7-21(29)15-20/h5-7,10-15,22,33H,2-4,8-9,16-17H2,1H3. The summed E-state index contributed by atoms with van der Waals surface area (Å²) in [4.78, 5) is 33.8. The number of aliphatic hydroxyl groups excluding tert-OH is 1. The summed E-state index contributed by atoms with van der Waals surface area (Å²) >= 11 is 7.64. The van der Waals surface area contributed by atoms with Gasteiger partial charge in [-0.25, -0.2) is 4.98 Å². The predicted molar refractivity (Wildman–Crippen MR) is 144 cm³/mol. The summed E-state index contributed by atoms with van der Waals surface area (Å²) in [7, 11) is 0. The van der Waals surface area contributed by atoms with Crippen LogP contribution in [-0.4, -0.2) is 32.5 Å². The Balaban J connectivity index is 1.58. The van der Waals surface area contributed by atoms with Gasteiger partial charge in [-0.3, -0.25) is 19.1 Å². The lowest BCUT2D eigenvalue weighted by molar-refractivity contribution is -0.118. The van der Waals surface area contributed by atoms with Gasteiger partial charge < -0.3 is 5.11 Å². The summed E-state index contributed by atoms with van der Waals surface area (Å²) in [6.07, 6.45) is 7.21. The quantitative estimate of drug-likeness (QED) is 0.330. The molecule has 5 rings (SSSR count). The Hall–Kier alpha value is -3.00. The topological polar surface area (TPSA) is 75.4 Å². The Labute approximate surface area is 219 Å². The summed E-state index contributed by atoms with van der Waals surface area (Å²) in [5, 5.41) is 13.7. The van der Waals surface area contributed by atoms with E-state index in [9.17, 15) is 14.7 Å². The van der Waals surface area contributed by atoms with Crippen LogP contribution in [0.1, 0.15) is 59.3 Å². The number of carbonyl (C=O) groups excluding carboxylic acids is 2. The van der Waals surface area contributed by atoms with Gasteiger partial charge in [-0.2, -0.15) is 0 Å². The lowest BCUT2D eigenvalue weighted by atomic mass is 9.94. The molecule has 0 bridgehead atoms. The zero-order valence-electron chi connectivity index (χ0n) is 20.1. The van der Waals surface area contributed by atoms with Crippen LogP contribution < -0.4 is 4.90 Å². The van der Waals surface area contributed by atoms with Crippen LogP contribution in [0, 0.1) is 6.92 Å². The van der Waals surface area contributed by atoms with Crippen molar-refractivity contribution in [3.63, 3.8) is 0 Å². The molecule has 4 aromatic rings. The van der Waals surface area contributed by atoms with Crippen LogP contribution in [0.15, 0.2) is 54.0 Å². The van der Waals surface area contributed by atoms with Gasteiger partial charge in [-0.1, -0.05) is 43.0 Å². The lowest BCUT2D eigenvalue weighted by Gasteiger charge is -2.32. The molecule has 8 heteroatoms. The molecule has 0 radical (unpaired) electrons. The molecule has 2 aromatic carbocycles. The number of thiazole rings is 1. The van der Waals surface area contributed by atoms with Crippen molar-refractivity contribution >= 4 is 50.8 Å². The van der Waals surface area contributed by atoms with E-state index in [1.165, 1.54) is 17.8 Å². The Bertz CT molecular complexity index is 1410. The third-order valence-corrected chi connectivity index (χ3v) is 8.02. The van der Waals surface area contributed by atoms with Crippen molar-refractivity contribution in [1.29, 1.82) is 0 Å². The lowest BCUT2D eigenvalue weighted by Crippen LogP contribution is -2.42. The van der Waals surface area contributed by atoms with Gasteiger partial charge in [0.25, 0.3) is 5.91 Å². The molecule has 1 aliphatic rings. The van der Waals surface area contributed by atoms with Crippen LogP contribution >= 0.6 is 22.9 Å². The molecule has 1 aliphatic carbocycles. The molecule has 0 saturated heterocycles. The van der Waals surface area contributed by atoms with Gasteiger partial charge >= 0.3 is 0 Å². The molecule has 1 fully saturated rings. The van der Waals surface area contributed by atoms with Crippen molar-refractivity contribution in [3.05, 3.63) is 81.4 Å². The van der Waals surface area contributed by atoms with Crippen LogP contribution in [0.3, 0.4) is 0 Å². The number of amides is 1. The molecule has 2 aromatic heterocycles. The molecule has 0 spiro atoms. The maximum Gasteiger partial charge on any atom is 0.262 e. The summed E-state index contributed by atoms with van der Waals surface area (Å²) in [5.41, 5.74) is 3.40. The molecule has 36 heavy (non-hydrogen) atoms. The molecule has 0 aliphatic heterocycles. The van der Waals surface area contributed by atoms with Crippen LogP contribution in [0.25, 0.3) is 10.9 Å². The molecule has 1 amide bonds. The molecule has 186 valence electrons. The van der Waals surface area contributed by atoms with E-state index in [2.05, 4.69) is 4.98 Å². The van der Waals surface area contributed by atoms with Crippen molar-refractivity contribution < 1.29 is 14.7 Å². The number of benzene rings is 2. The summed E-state index contributed by atoms with van der Waals surface area (Å²) in [6, 6.07) is 12.5. The maximum absolute atomic E-state index is 13.9. The van der Waals surface area contributed by atoms with E-state index in [0.717, 1.165) is 47.3 Å². The molecule has 0 unspecified atom stereocenters. The number of halogens is 1. The predicted octanol–water partition coefficient (Wildman–Crippen LogP) is 6.15.